The summed E-state index contributed by atoms with van der Waals surface area (Å²) in [5, 5.41) is 13.6. The molecule has 0 atom stereocenters. The van der Waals surface area contributed by atoms with Gasteiger partial charge in [0.1, 0.15) is 0 Å². The number of halogens is 1. The fourth-order valence-corrected chi connectivity index (χ4v) is 2.97. The smallest absolute Gasteiger partial charge is 0.278 e. The molecule has 0 unspecified atom stereocenters. The lowest BCUT2D eigenvalue weighted by molar-refractivity contribution is 0.0954. The summed E-state index contributed by atoms with van der Waals surface area (Å²) in [4.78, 5) is 24.6. The molecular weight excluding hydrogens is 410 g/mol. The number of carbonyl (C=O) groups excluding carboxylic acids is 2. The van der Waals surface area contributed by atoms with E-state index in [1.54, 1.807) is 35.9 Å². The maximum atomic E-state index is 12.6. The minimum atomic E-state index is -0.387. The van der Waals surface area contributed by atoms with Gasteiger partial charge in [-0.3, -0.25) is 9.59 Å². The van der Waals surface area contributed by atoms with E-state index in [0.29, 0.717) is 23.5 Å². The molecule has 0 radical (unpaired) electrons. The minimum Gasteiger partial charge on any atom is -0.352 e. The monoisotopic (exact) mass is 427 g/mol. The molecule has 1 heterocycles. The van der Waals surface area contributed by atoms with Gasteiger partial charge in [0.2, 0.25) is 0 Å². The van der Waals surface area contributed by atoms with Crippen molar-refractivity contribution in [2.75, 3.05) is 11.9 Å². The molecule has 3 aromatic rings. The molecule has 3 rings (SSSR count). The van der Waals surface area contributed by atoms with Gasteiger partial charge in [-0.15, -0.1) is 5.10 Å². The van der Waals surface area contributed by atoms with Gasteiger partial charge in [0, 0.05) is 22.3 Å². The molecule has 0 saturated heterocycles. The molecule has 2 aromatic carbocycles. The zero-order valence-electron chi connectivity index (χ0n) is 14.9. The van der Waals surface area contributed by atoms with Crippen molar-refractivity contribution in [3.63, 3.8) is 0 Å². The second-order valence-corrected chi connectivity index (χ2v) is 6.73. The van der Waals surface area contributed by atoms with Gasteiger partial charge in [0.15, 0.2) is 5.69 Å². The molecule has 7 nitrogen and oxygen atoms in total. The Hall–Kier alpha value is -3.00. The highest BCUT2D eigenvalue weighted by molar-refractivity contribution is 9.10. The van der Waals surface area contributed by atoms with Crippen molar-refractivity contribution in [3.8, 4) is 5.69 Å². The van der Waals surface area contributed by atoms with E-state index in [4.69, 9.17) is 0 Å². The van der Waals surface area contributed by atoms with Crippen LogP contribution in [-0.2, 0) is 0 Å². The van der Waals surface area contributed by atoms with Gasteiger partial charge < -0.3 is 10.6 Å². The summed E-state index contributed by atoms with van der Waals surface area (Å²) in [6.45, 7) is 4.16. The molecule has 2 amide bonds. The summed E-state index contributed by atoms with van der Waals surface area (Å²) in [6, 6.07) is 14.3. The third-order valence-corrected chi connectivity index (χ3v) is 4.38. The van der Waals surface area contributed by atoms with Crippen LogP contribution in [0.5, 0.6) is 0 Å². The summed E-state index contributed by atoms with van der Waals surface area (Å²) in [6.07, 6.45) is 0. The molecule has 8 heteroatoms. The Bertz CT molecular complexity index is 999. The van der Waals surface area contributed by atoms with Crippen molar-refractivity contribution in [3.05, 3.63) is 70.0 Å². The Morgan fingerprint density at radius 1 is 1.11 bits per heavy atom. The Morgan fingerprint density at radius 3 is 2.63 bits per heavy atom. The first-order valence-electron chi connectivity index (χ1n) is 8.37. The summed E-state index contributed by atoms with van der Waals surface area (Å²) < 4.78 is 2.51. The Labute approximate surface area is 164 Å². The highest BCUT2D eigenvalue weighted by Gasteiger charge is 2.18. The van der Waals surface area contributed by atoms with Gasteiger partial charge >= 0.3 is 0 Å². The zero-order valence-corrected chi connectivity index (χ0v) is 16.4. The molecule has 0 aliphatic carbocycles. The van der Waals surface area contributed by atoms with Crippen LogP contribution in [0.25, 0.3) is 5.69 Å². The third kappa shape index (κ3) is 4.22. The van der Waals surface area contributed by atoms with Gasteiger partial charge in [-0.1, -0.05) is 33.3 Å². The molecule has 0 aliphatic heterocycles. The van der Waals surface area contributed by atoms with E-state index >= 15 is 0 Å². The van der Waals surface area contributed by atoms with Crippen LogP contribution in [0, 0.1) is 6.92 Å². The van der Waals surface area contributed by atoms with Gasteiger partial charge in [-0.2, -0.15) is 0 Å². The van der Waals surface area contributed by atoms with Crippen LogP contribution in [-0.4, -0.2) is 33.4 Å². The molecule has 0 spiro atoms. The SMILES string of the molecule is CCNC(=O)c1cccc(NC(=O)c2nnn(-c3cccc(Br)c3)c2C)c1. The third-order valence-electron chi connectivity index (χ3n) is 3.88. The van der Waals surface area contributed by atoms with E-state index < -0.39 is 0 Å². The van der Waals surface area contributed by atoms with Gasteiger partial charge in [-0.05, 0) is 50.2 Å². The fraction of sp³-hybridized carbons (Fsp3) is 0.158. The number of anilines is 1. The van der Waals surface area contributed by atoms with E-state index in [-0.39, 0.29) is 17.5 Å². The number of nitrogens with zero attached hydrogens (tertiary/aromatic N) is 3. The molecular formula is C19H18BrN5O2. The number of hydrogen-bond acceptors (Lipinski definition) is 4. The predicted molar refractivity (Wildman–Crippen MR) is 106 cm³/mol. The van der Waals surface area contributed by atoms with Gasteiger partial charge in [0.25, 0.3) is 11.8 Å². The van der Waals surface area contributed by atoms with E-state index in [1.165, 1.54) is 0 Å². The number of carbonyl (C=O) groups is 2. The topological polar surface area (TPSA) is 88.9 Å². The number of benzene rings is 2. The number of hydrogen-bond donors (Lipinski definition) is 2. The van der Waals surface area contributed by atoms with Gasteiger partial charge in [0.05, 0.1) is 11.4 Å². The summed E-state index contributed by atoms with van der Waals surface area (Å²) in [7, 11) is 0. The second-order valence-electron chi connectivity index (χ2n) is 5.81. The molecule has 138 valence electrons. The summed E-state index contributed by atoms with van der Waals surface area (Å²) >= 11 is 3.42. The van der Waals surface area contributed by atoms with Crippen LogP contribution in [0.3, 0.4) is 0 Å². The molecule has 27 heavy (non-hydrogen) atoms. The van der Waals surface area contributed by atoms with E-state index in [0.717, 1.165) is 10.2 Å². The standard InChI is InChI=1S/C19H18BrN5O2/c1-3-21-18(26)13-6-4-8-15(10-13)22-19(27)17-12(2)25(24-23-17)16-9-5-7-14(20)11-16/h4-11H,3H2,1-2H3,(H,21,26)(H,22,27). The van der Waals surface area contributed by atoms with E-state index in [1.807, 2.05) is 31.2 Å². The molecule has 0 bridgehead atoms. The first kappa shape index (κ1) is 18.8. The Morgan fingerprint density at radius 2 is 1.89 bits per heavy atom. The number of nitrogens with one attached hydrogen (secondary N) is 2. The molecule has 2 N–H and O–H groups in total. The Balaban J connectivity index is 1.82. The zero-order chi connectivity index (χ0) is 19.4. The quantitative estimate of drug-likeness (QED) is 0.653. The van der Waals surface area contributed by atoms with Crippen molar-refractivity contribution in [2.24, 2.45) is 0 Å². The largest absolute Gasteiger partial charge is 0.352 e. The van der Waals surface area contributed by atoms with Crippen molar-refractivity contribution < 1.29 is 9.59 Å². The normalized spacial score (nSPS) is 10.5. The van der Waals surface area contributed by atoms with Crippen LogP contribution in [0.4, 0.5) is 5.69 Å². The number of amides is 2. The molecule has 1 aromatic heterocycles. The van der Waals surface area contributed by atoms with Crippen LogP contribution < -0.4 is 10.6 Å². The lowest BCUT2D eigenvalue weighted by Gasteiger charge is -2.07. The molecule has 0 aliphatic rings. The highest BCUT2D eigenvalue weighted by atomic mass is 79.9. The lowest BCUT2D eigenvalue weighted by atomic mass is 10.2. The van der Waals surface area contributed by atoms with Crippen molar-refractivity contribution >= 4 is 33.4 Å². The number of rotatable bonds is 5. The Kier molecular flexibility index (Phi) is 5.66. The summed E-state index contributed by atoms with van der Waals surface area (Å²) in [5.74, 6) is -0.577. The predicted octanol–water partition coefficient (Wildman–Crippen LogP) is 3.34. The van der Waals surface area contributed by atoms with Crippen molar-refractivity contribution in [2.45, 2.75) is 13.8 Å². The van der Waals surface area contributed by atoms with Crippen molar-refractivity contribution in [1.29, 1.82) is 0 Å². The van der Waals surface area contributed by atoms with Crippen molar-refractivity contribution in [1.82, 2.24) is 20.3 Å². The fourth-order valence-electron chi connectivity index (χ4n) is 2.58. The minimum absolute atomic E-state index is 0.189. The van der Waals surface area contributed by atoms with E-state index in [9.17, 15) is 9.59 Å². The second kappa shape index (κ2) is 8.13. The van der Waals surface area contributed by atoms with Crippen LogP contribution in [0.1, 0.15) is 33.5 Å². The van der Waals surface area contributed by atoms with E-state index in [2.05, 4.69) is 36.9 Å². The average Bonchev–Trinajstić information content (AvgIpc) is 3.04. The molecule has 0 saturated carbocycles. The average molecular weight is 428 g/mol. The van der Waals surface area contributed by atoms with Crippen LogP contribution >= 0.6 is 15.9 Å². The van der Waals surface area contributed by atoms with Crippen LogP contribution in [0.2, 0.25) is 0 Å². The first-order chi connectivity index (χ1) is 13.0. The number of aromatic nitrogens is 3. The molecule has 0 fully saturated rings. The maximum absolute atomic E-state index is 12.6. The highest BCUT2D eigenvalue weighted by Crippen LogP contribution is 2.18. The summed E-state index contributed by atoms with van der Waals surface area (Å²) in [5.41, 5.74) is 2.62. The van der Waals surface area contributed by atoms with Gasteiger partial charge in [-0.25, -0.2) is 4.68 Å². The first-order valence-corrected chi connectivity index (χ1v) is 9.16. The maximum Gasteiger partial charge on any atom is 0.278 e. The lowest BCUT2D eigenvalue weighted by Crippen LogP contribution is -2.23. The van der Waals surface area contributed by atoms with Crippen LogP contribution in [0.15, 0.2) is 53.0 Å².